The molecule has 1 aromatic carbocycles. The van der Waals surface area contributed by atoms with E-state index in [1.165, 1.54) is 0 Å². The largest absolute Gasteiger partial charge is 0.497 e. The predicted octanol–water partition coefficient (Wildman–Crippen LogP) is 2.72. The van der Waals surface area contributed by atoms with Gasteiger partial charge in [0, 0.05) is 18.8 Å². The Labute approximate surface area is 172 Å². The van der Waals surface area contributed by atoms with Crippen LogP contribution in [0, 0.1) is 0 Å². The zero-order chi connectivity index (χ0) is 19.2. The van der Waals surface area contributed by atoms with Crippen molar-refractivity contribution >= 4 is 63.9 Å². The lowest BCUT2D eigenvalue weighted by molar-refractivity contribution is 0.0524. The van der Waals surface area contributed by atoms with Gasteiger partial charge in [-0.1, -0.05) is 34.8 Å². The number of urea groups is 1. The minimum atomic E-state index is -1.81. The molecule has 1 atom stereocenters. The number of amides is 2. The Morgan fingerprint density at radius 1 is 1.23 bits per heavy atom. The number of carbonyl (C=O) groups is 1. The van der Waals surface area contributed by atoms with Crippen LogP contribution in [0.1, 0.15) is 0 Å². The average Bonchev–Trinajstić information content (AvgIpc) is 2.61. The maximum Gasteiger partial charge on any atom is 0.319 e. The van der Waals surface area contributed by atoms with Crippen LogP contribution in [0.5, 0.6) is 5.75 Å². The maximum atomic E-state index is 12.3. The molecule has 11 heteroatoms. The number of thiocarbonyl (C=S) groups is 1. The molecule has 0 radical (unpaired) electrons. The zero-order valence-electron chi connectivity index (χ0n) is 13.9. The van der Waals surface area contributed by atoms with Gasteiger partial charge in [-0.05, 0) is 36.5 Å². The van der Waals surface area contributed by atoms with Crippen LogP contribution in [0.25, 0.3) is 0 Å². The first kappa shape index (κ1) is 21.1. The molecule has 1 aliphatic heterocycles. The van der Waals surface area contributed by atoms with Crippen molar-refractivity contribution in [2.45, 2.75) is 9.96 Å². The fourth-order valence-electron chi connectivity index (χ4n) is 2.15. The van der Waals surface area contributed by atoms with E-state index in [9.17, 15) is 4.79 Å². The summed E-state index contributed by atoms with van der Waals surface area (Å²) in [6, 6.07) is 6.74. The Kier molecular flexibility index (Phi) is 7.85. The highest BCUT2D eigenvalue weighted by atomic mass is 35.6. The summed E-state index contributed by atoms with van der Waals surface area (Å²) in [5, 5.41) is 8.59. The molecule has 7 nitrogen and oxygen atoms in total. The summed E-state index contributed by atoms with van der Waals surface area (Å²) in [6.07, 6.45) is -1.03. The van der Waals surface area contributed by atoms with Crippen molar-refractivity contribution in [3.05, 3.63) is 24.3 Å². The number of ether oxygens (including phenoxy) is 2. The second-order valence-corrected chi connectivity index (χ2v) is 8.13. The number of methoxy groups -OCH3 is 1. The Hall–Kier alpha value is -1.19. The zero-order valence-corrected chi connectivity index (χ0v) is 17.0. The lowest BCUT2D eigenvalue weighted by atomic mass is 10.3. The summed E-state index contributed by atoms with van der Waals surface area (Å²) in [4.78, 5) is 13.9. The number of nitrogens with one attached hydrogen (secondary N) is 3. The van der Waals surface area contributed by atoms with Crippen LogP contribution in [0.3, 0.4) is 0 Å². The van der Waals surface area contributed by atoms with E-state index in [1.54, 1.807) is 36.3 Å². The van der Waals surface area contributed by atoms with Crippen molar-refractivity contribution in [2.24, 2.45) is 0 Å². The van der Waals surface area contributed by atoms with Gasteiger partial charge in [0.15, 0.2) is 11.3 Å². The van der Waals surface area contributed by atoms with Gasteiger partial charge in [0.25, 0.3) is 0 Å². The van der Waals surface area contributed by atoms with Gasteiger partial charge in [0.1, 0.15) is 5.75 Å². The van der Waals surface area contributed by atoms with Crippen LogP contribution >= 0.6 is 47.0 Å². The number of nitrogens with zero attached hydrogens (tertiary/aromatic N) is 1. The Balaban J connectivity index is 1.95. The Morgan fingerprint density at radius 3 is 2.38 bits per heavy atom. The first-order chi connectivity index (χ1) is 12.3. The average molecular weight is 442 g/mol. The number of carbonyl (C=O) groups excluding carboxylic acids is 1. The molecule has 0 aromatic heterocycles. The van der Waals surface area contributed by atoms with E-state index in [-0.39, 0.29) is 11.1 Å². The van der Waals surface area contributed by atoms with E-state index in [1.807, 2.05) is 0 Å². The third kappa shape index (κ3) is 6.51. The van der Waals surface area contributed by atoms with Crippen LogP contribution in [0.15, 0.2) is 24.3 Å². The van der Waals surface area contributed by atoms with Gasteiger partial charge in [-0.2, -0.15) is 0 Å². The summed E-state index contributed by atoms with van der Waals surface area (Å²) >= 11 is 23.2. The van der Waals surface area contributed by atoms with E-state index in [0.717, 1.165) is 0 Å². The second-order valence-electron chi connectivity index (χ2n) is 5.35. The molecular formula is C15H19Cl3N4O3S. The minimum Gasteiger partial charge on any atom is -0.497 e. The Bertz CT molecular complexity index is 622. The van der Waals surface area contributed by atoms with Gasteiger partial charge >= 0.3 is 6.03 Å². The number of hydrogen-bond acceptors (Lipinski definition) is 4. The van der Waals surface area contributed by atoms with Crippen molar-refractivity contribution in [3.63, 3.8) is 0 Å². The predicted molar refractivity (Wildman–Crippen MR) is 107 cm³/mol. The summed E-state index contributed by atoms with van der Waals surface area (Å²) in [7, 11) is 1.58. The summed E-state index contributed by atoms with van der Waals surface area (Å²) in [6.45, 7) is 1.87. The van der Waals surface area contributed by atoms with Gasteiger partial charge < -0.3 is 30.3 Å². The fourth-order valence-corrected chi connectivity index (χ4v) is 2.72. The first-order valence-electron chi connectivity index (χ1n) is 7.71. The molecule has 0 bridgehead atoms. The summed E-state index contributed by atoms with van der Waals surface area (Å²) < 4.78 is 8.50. The van der Waals surface area contributed by atoms with Gasteiger partial charge in [-0.3, -0.25) is 0 Å². The van der Waals surface area contributed by atoms with Gasteiger partial charge in [0.05, 0.1) is 20.3 Å². The minimum absolute atomic E-state index is 0.189. The molecule has 144 valence electrons. The van der Waals surface area contributed by atoms with Crippen molar-refractivity contribution in [2.75, 3.05) is 38.7 Å². The smallest absolute Gasteiger partial charge is 0.319 e. The quantitative estimate of drug-likeness (QED) is 0.379. The molecular weight excluding hydrogens is 423 g/mol. The lowest BCUT2D eigenvalue weighted by Gasteiger charge is -2.32. The number of rotatable bonds is 4. The van der Waals surface area contributed by atoms with Crippen LogP contribution < -0.4 is 20.7 Å². The van der Waals surface area contributed by atoms with E-state index in [4.69, 9.17) is 56.5 Å². The standard InChI is InChI=1S/C15H19Cl3N4O3S/c1-24-11-4-2-10(3-5-11)19-13(26)20-12(15(16,17)18)21-14(23)22-6-8-25-9-7-22/h2-5,12H,6-9H2,1H3,(H,21,23)(H2,19,20,26)/t12-/m1/s1. The van der Waals surface area contributed by atoms with E-state index in [0.29, 0.717) is 37.7 Å². The molecule has 0 saturated carbocycles. The summed E-state index contributed by atoms with van der Waals surface area (Å²) in [5.74, 6) is 0.714. The highest BCUT2D eigenvalue weighted by Gasteiger charge is 2.35. The van der Waals surface area contributed by atoms with Crippen molar-refractivity contribution in [1.82, 2.24) is 15.5 Å². The Morgan fingerprint density at radius 2 is 1.85 bits per heavy atom. The number of morpholine rings is 1. The van der Waals surface area contributed by atoms with E-state index >= 15 is 0 Å². The monoisotopic (exact) mass is 440 g/mol. The van der Waals surface area contributed by atoms with Crippen molar-refractivity contribution in [1.29, 1.82) is 0 Å². The molecule has 1 aromatic rings. The highest BCUT2D eigenvalue weighted by Crippen LogP contribution is 2.29. The first-order valence-corrected chi connectivity index (χ1v) is 9.25. The topological polar surface area (TPSA) is 74.9 Å². The van der Waals surface area contributed by atoms with Crippen molar-refractivity contribution in [3.8, 4) is 5.75 Å². The third-order valence-electron chi connectivity index (χ3n) is 3.52. The molecule has 2 amide bonds. The molecule has 1 saturated heterocycles. The third-order valence-corrected chi connectivity index (χ3v) is 4.39. The number of alkyl halides is 3. The number of anilines is 1. The maximum absolute atomic E-state index is 12.3. The molecule has 1 heterocycles. The molecule has 0 spiro atoms. The molecule has 0 aliphatic carbocycles. The van der Waals surface area contributed by atoms with Gasteiger partial charge in [-0.15, -0.1) is 0 Å². The van der Waals surface area contributed by atoms with Crippen molar-refractivity contribution < 1.29 is 14.3 Å². The van der Waals surface area contributed by atoms with Crippen LogP contribution in [0.4, 0.5) is 10.5 Å². The molecule has 1 aliphatic rings. The number of benzene rings is 1. The van der Waals surface area contributed by atoms with Crippen LogP contribution in [-0.2, 0) is 4.74 Å². The lowest BCUT2D eigenvalue weighted by Crippen LogP contribution is -2.59. The van der Waals surface area contributed by atoms with Gasteiger partial charge in [-0.25, -0.2) is 4.79 Å². The SMILES string of the molecule is COc1ccc(NC(=S)N[C@H](NC(=O)N2CCOCC2)C(Cl)(Cl)Cl)cc1. The fraction of sp³-hybridized carbons (Fsp3) is 0.467. The number of hydrogen-bond donors (Lipinski definition) is 3. The molecule has 2 rings (SSSR count). The number of halogens is 3. The highest BCUT2D eigenvalue weighted by molar-refractivity contribution is 7.80. The molecule has 0 unspecified atom stereocenters. The molecule has 26 heavy (non-hydrogen) atoms. The molecule has 1 fully saturated rings. The van der Waals surface area contributed by atoms with Crippen LogP contribution in [0.2, 0.25) is 0 Å². The van der Waals surface area contributed by atoms with E-state index in [2.05, 4.69) is 16.0 Å². The second kappa shape index (κ2) is 9.66. The molecule has 3 N–H and O–H groups in total. The summed E-state index contributed by atoms with van der Waals surface area (Å²) in [5.41, 5.74) is 0.714. The van der Waals surface area contributed by atoms with Gasteiger partial charge in [0.2, 0.25) is 3.79 Å². The normalized spacial score (nSPS) is 15.8. The van der Waals surface area contributed by atoms with E-state index < -0.39 is 9.96 Å². The van der Waals surface area contributed by atoms with Crippen LogP contribution in [-0.4, -0.2) is 59.4 Å².